The molecule has 1 unspecified atom stereocenters. The summed E-state index contributed by atoms with van der Waals surface area (Å²) in [5.41, 5.74) is -0.263. The summed E-state index contributed by atoms with van der Waals surface area (Å²) in [6, 6.07) is 10.1. The minimum absolute atomic E-state index is 0.132. The molecule has 3 aromatic rings. The van der Waals surface area contributed by atoms with Crippen LogP contribution >= 0.6 is 0 Å². The molecule has 0 saturated carbocycles. The van der Waals surface area contributed by atoms with Crippen molar-refractivity contribution in [1.82, 2.24) is 9.88 Å². The zero-order valence-electron chi connectivity index (χ0n) is 17.6. The average Bonchev–Trinajstić information content (AvgIpc) is 2.80. The zero-order valence-corrected chi connectivity index (χ0v) is 17.6. The summed E-state index contributed by atoms with van der Waals surface area (Å²) in [4.78, 5) is 42.4. The van der Waals surface area contributed by atoms with Crippen molar-refractivity contribution in [3.63, 3.8) is 0 Å². The normalized spacial score (nSPS) is 15.5. The van der Waals surface area contributed by atoms with Crippen LogP contribution in [-0.4, -0.2) is 54.4 Å². The number of aromatic amines is 1. The molecule has 0 spiro atoms. The number of rotatable bonds is 6. The molecule has 3 heterocycles. The number of nitrogens with one attached hydrogen (secondary N) is 1. The summed E-state index contributed by atoms with van der Waals surface area (Å²) < 4.78 is 16.1. The average molecular weight is 440 g/mol. The molecule has 1 fully saturated rings. The maximum absolute atomic E-state index is 12.9. The molecule has 2 N–H and O–H groups in total. The number of aromatic hydroxyl groups is 1. The fraction of sp³-hybridized carbons (Fsp3) is 0.348. The highest BCUT2D eigenvalue weighted by Gasteiger charge is 2.29. The monoisotopic (exact) mass is 440 g/mol. The van der Waals surface area contributed by atoms with E-state index in [4.69, 9.17) is 13.9 Å². The molecular weight excluding hydrogens is 416 g/mol. The van der Waals surface area contributed by atoms with Crippen molar-refractivity contribution in [1.29, 1.82) is 0 Å². The van der Waals surface area contributed by atoms with E-state index >= 15 is 0 Å². The molecule has 1 aromatic carbocycles. The Kier molecular flexibility index (Phi) is 6.38. The van der Waals surface area contributed by atoms with Crippen molar-refractivity contribution in [2.75, 3.05) is 33.4 Å². The molecule has 1 saturated heterocycles. The highest BCUT2D eigenvalue weighted by Crippen LogP contribution is 2.33. The molecule has 32 heavy (non-hydrogen) atoms. The molecule has 168 valence electrons. The molecule has 1 aliphatic heterocycles. The summed E-state index contributed by atoms with van der Waals surface area (Å²) >= 11 is 0. The van der Waals surface area contributed by atoms with Gasteiger partial charge in [0.25, 0.3) is 5.56 Å². The Morgan fingerprint density at radius 2 is 1.97 bits per heavy atom. The van der Waals surface area contributed by atoms with Gasteiger partial charge in [-0.25, -0.2) is 0 Å². The van der Waals surface area contributed by atoms with Crippen molar-refractivity contribution in [3.05, 3.63) is 74.1 Å². The number of hydrogen-bond acceptors (Lipinski definition) is 8. The highest BCUT2D eigenvalue weighted by molar-refractivity contribution is 5.79. The second-order valence-corrected chi connectivity index (χ2v) is 7.65. The van der Waals surface area contributed by atoms with E-state index in [0.717, 1.165) is 5.39 Å². The Bertz CT molecular complexity index is 1240. The van der Waals surface area contributed by atoms with Crippen LogP contribution in [0.5, 0.6) is 5.75 Å². The van der Waals surface area contributed by atoms with Crippen LogP contribution in [0.4, 0.5) is 0 Å². The van der Waals surface area contributed by atoms with Crippen LogP contribution in [0, 0.1) is 0 Å². The number of carbonyl (C=O) groups is 1. The summed E-state index contributed by atoms with van der Waals surface area (Å²) in [5.74, 6) is -2.04. The first-order chi connectivity index (χ1) is 15.5. The van der Waals surface area contributed by atoms with Crippen LogP contribution in [0.25, 0.3) is 10.9 Å². The number of esters is 1. The fourth-order valence-electron chi connectivity index (χ4n) is 3.87. The molecule has 1 atom stereocenters. The van der Waals surface area contributed by atoms with Crippen LogP contribution in [0.3, 0.4) is 0 Å². The molecule has 0 radical (unpaired) electrons. The van der Waals surface area contributed by atoms with Crippen molar-refractivity contribution in [3.8, 4) is 5.75 Å². The number of methoxy groups -OCH3 is 1. The van der Waals surface area contributed by atoms with E-state index in [2.05, 4.69) is 9.88 Å². The third-order valence-corrected chi connectivity index (χ3v) is 5.56. The van der Waals surface area contributed by atoms with E-state index in [1.807, 2.05) is 12.1 Å². The van der Waals surface area contributed by atoms with Gasteiger partial charge in [-0.05, 0) is 17.5 Å². The number of H-pyrrole nitrogens is 1. The van der Waals surface area contributed by atoms with Crippen molar-refractivity contribution < 1.29 is 23.8 Å². The lowest BCUT2D eigenvalue weighted by Gasteiger charge is -2.26. The first kappa shape index (κ1) is 21.8. The van der Waals surface area contributed by atoms with Gasteiger partial charge in [-0.3, -0.25) is 19.3 Å². The maximum Gasteiger partial charge on any atom is 0.306 e. The zero-order chi connectivity index (χ0) is 22.7. The predicted octanol–water partition coefficient (Wildman–Crippen LogP) is 1.71. The van der Waals surface area contributed by atoms with Gasteiger partial charge in [-0.1, -0.05) is 18.2 Å². The van der Waals surface area contributed by atoms with Gasteiger partial charge in [-0.15, -0.1) is 0 Å². The third kappa shape index (κ3) is 4.58. The van der Waals surface area contributed by atoms with Crippen LogP contribution in [0.15, 0.2) is 50.4 Å². The van der Waals surface area contributed by atoms with Crippen molar-refractivity contribution in [2.45, 2.75) is 18.9 Å². The molecule has 2 aromatic heterocycles. The Hall–Kier alpha value is -3.43. The second-order valence-electron chi connectivity index (χ2n) is 7.65. The van der Waals surface area contributed by atoms with Gasteiger partial charge in [0.1, 0.15) is 5.76 Å². The Labute approximate surface area is 183 Å². The third-order valence-electron chi connectivity index (χ3n) is 5.56. The number of morpholine rings is 1. The first-order valence-electron chi connectivity index (χ1n) is 10.3. The largest absolute Gasteiger partial charge is 0.502 e. The smallest absolute Gasteiger partial charge is 0.306 e. The Balaban J connectivity index is 1.81. The van der Waals surface area contributed by atoms with Gasteiger partial charge in [0, 0.05) is 30.2 Å². The number of benzene rings is 1. The van der Waals surface area contributed by atoms with Crippen LogP contribution in [0.2, 0.25) is 0 Å². The van der Waals surface area contributed by atoms with Crippen molar-refractivity contribution >= 4 is 16.9 Å². The molecule has 0 amide bonds. The predicted molar refractivity (Wildman–Crippen MR) is 116 cm³/mol. The number of aromatic nitrogens is 1. The minimum Gasteiger partial charge on any atom is -0.502 e. The van der Waals surface area contributed by atoms with Gasteiger partial charge < -0.3 is 24.0 Å². The molecule has 9 heteroatoms. The van der Waals surface area contributed by atoms with E-state index in [-0.39, 0.29) is 17.7 Å². The molecular formula is C23H24N2O7. The number of carbonyl (C=O) groups excluding carboxylic acids is 1. The van der Waals surface area contributed by atoms with Crippen LogP contribution in [-0.2, 0) is 20.8 Å². The molecule has 1 aliphatic rings. The number of para-hydroxylation sites is 1. The summed E-state index contributed by atoms with van der Waals surface area (Å²) in [5, 5.41) is 11.3. The second kappa shape index (κ2) is 9.37. The van der Waals surface area contributed by atoms with E-state index in [1.165, 1.54) is 13.2 Å². The number of nitrogens with zero attached hydrogens (tertiary/aromatic N) is 1. The first-order valence-corrected chi connectivity index (χ1v) is 10.3. The van der Waals surface area contributed by atoms with Gasteiger partial charge in [0.05, 0.1) is 39.2 Å². The molecule has 0 bridgehead atoms. The van der Waals surface area contributed by atoms with E-state index in [1.54, 1.807) is 18.2 Å². The van der Waals surface area contributed by atoms with Gasteiger partial charge in [-0.2, -0.15) is 0 Å². The minimum atomic E-state index is -1.01. The van der Waals surface area contributed by atoms with Gasteiger partial charge in [0.15, 0.2) is 5.76 Å². The number of ether oxygens (including phenoxy) is 2. The number of hydrogen-bond donors (Lipinski definition) is 2. The van der Waals surface area contributed by atoms with Crippen LogP contribution < -0.4 is 11.0 Å². The molecule has 9 nitrogen and oxygen atoms in total. The SMILES string of the molecule is COC(=O)CC(c1oc(CN2CCOCC2)cc(=O)c1O)c1cc2ccccc2[nH]c1=O. The van der Waals surface area contributed by atoms with Crippen molar-refractivity contribution in [2.24, 2.45) is 0 Å². The lowest BCUT2D eigenvalue weighted by atomic mass is 9.92. The summed E-state index contributed by atoms with van der Waals surface area (Å²) in [7, 11) is 1.23. The lowest BCUT2D eigenvalue weighted by molar-refractivity contribution is -0.140. The van der Waals surface area contributed by atoms with Crippen LogP contribution in [0.1, 0.15) is 29.4 Å². The van der Waals surface area contributed by atoms with E-state index in [9.17, 15) is 19.5 Å². The Morgan fingerprint density at radius 3 is 2.72 bits per heavy atom. The Morgan fingerprint density at radius 1 is 1.22 bits per heavy atom. The summed E-state index contributed by atoms with van der Waals surface area (Å²) in [6.45, 7) is 2.84. The number of pyridine rings is 1. The molecule has 0 aliphatic carbocycles. The van der Waals surface area contributed by atoms with Gasteiger partial charge in [0.2, 0.25) is 11.2 Å². The lowest BCUT2D eigenvalue weighted by Crippen LogP contribution is -2.35. The maximum atomic E-state index is 12.9. The molecule has 4 rings (SSSR count). The fourth-order valence-corrected chi connectivity index (χ4v) is 3.87. The van der Waals surface area contributed by atoms with E-state index < -0.39 is 28.6 Å². The number of fused-ring (bicyclic) bond motifs is 1. The summed E-state index contributed by atoms with van der Waals surface area (Å²) in [6.07, 6.45) is -0.282. The quantitative estimate of drug-likeness (QED) is 0.556. The van der Waals surface area contributed by atoms with E-state index in [0.29, 0.717) is 44.1 Å². The topological polar surface area (TPSA) is 122 Å². The standard InChI is InChI=1S/C23H24N2O7/c1-30-20(27)12-16(17-10-14-4-2-3-5-18(14)24-23(17)29)22-21(28)19(26)11-15(32-22)13-25-6-8-31-9-7-25/h2-5,10-11,16,28H,6-9,12-13H2,1H3,(H,24,29). The highest BCUT2D eigenvalue weighted by atomic mass is 16.5. The van der Waals surface area contributed by atoms with Gasteiger partial charge >= 0.3 is 5.97 Å².